The van der Waals surface area contributed by atoms with E-state index in [9.17, 15) is 8.78 Å². The molecule has 0 saturated heterocycles. The largest absolute Gasteiger partial charge is 0.306 e. The van der Waals surface area contributed by atoms with Crippen molar-refractivity contribution >= 4 is 11.6 Å². The lowest BCUT2D eigenvalue weighted by Crippen LogP contribution is -2.24. The number of halogens is 3. The highest BCUT2D eigenvalue weighted by atomic mass is 35.5. The number of aryl methyl sites for hydroxylation is 1. The van der Waals surface area contributed by atoms with Crippen molar-refractivity contribution in [3.63, 3.8) is 0 Å². The Morgan fingerprint density at radius 3 is 2.57 bits per heavy atom. The third-order valence-electron chi connectivity index (χ3n) is 3.43. The summed E-state index contributed by atoms with van der Waals surface area (Å²) in [5.74, 6) is -0.729. The van der Waals surface area contributed by atoms with E-state index in [2.05, 4.69) is 12.2 Å². The molecule has 0 saturated carbocycles. The molecule has 112 valence electrons. The van der Waals surface area contributed by atoms with Crippen LogP contribution in [0.15, 0.2) is 36.4 Å². The molecule has 2 aromatic rings. The average molecular weight is 310 g/mol. The molecule has 0 aliphatic rings. The van der Waals surface area contributed by atoms with E-state index in [-0.39, 0.29) is 16.9 Å². The Kier molecular flexibility index (Phi) is 5.32. The topological polar surface area (TPSA) is 12.0 Å². The summed E-state index contributed by atoms with van der Waals surface area (Å²) in [6, 6.07) is 9.12. The van der Waals surface area contributed by atoms with Gasteiger partial charge in [0.2, 0.25) is 0 Å². The summed E-state index contributed by atoms with van der Waals surface area (Å²) in [6.45, 7) is 4.65. The second kappa shape index (κ2) is 7.01. The van der Waals surface area contributed by atoms with Gasteiger partial charge in [-0.15, -0.1) is 0 Å². The monoisotopic (exact) mass is 309 g/mol. The molecule has 0 aliphatic heterocycles. The summed E-state index contributed by atoms with van der Waals surface area (Å²) in [5, 5.41) is 3.46. The van der Waals surface area contributed by atoms with Crippen LogP contribution < -0.4 is 5.32 Å². The summed E-state index contributed by atoms with van der Waals surface area (Å²) < 4.78 is 27.0. The van der Waals surface area contributed by atoms with Gasteiger partial charge in [-0.1, -0.05) is 36.7 Å². The van der Waals surface area contributed by atoms with E-state index in [1.54, 1.807) is 18.2 Å². The van der Waals surface area contributed by atoms with Gasteiger partial charge in [0.1, 0.15) is 11.6 Å². The Labute approximate surface area is 128 Å². The molecule has 1 nitrogen and oxygen atoms in total. The summed E-state index contributed by atoms with van der Waals surface area (Å²) in [5.41, 5.74) is 2.38. The van der Waals surface area contributed by atoms with E-state index in [0.717, 1.165) is 24.1 Å². The lowest BCUT2D eigenvalue weighted by Gasteiger charge is -2.22. The van der Waals surface area contributed by atoms with Crippen molar-refractivity contribution in [2.24, 2.45) is 0 Å². The first kappa shape index (κ1) is 15.9. The van der Waals surface area contributed by atoms with Crippen molar-refractivity contribution in [1.29, 1.82) is 0 Å². The Morgan fingerprint density at radius 1 is 1.14 bits per heavy atom. The zero-order chi connectivity index (χ0) is 15.4. The minimum Gasteiger partial charge on any atom is -0.306 e. The van der Waals surface area contributed by atoms with E-state index >= 15 is 0 Å². The number of nitrogens with one attached hydrogen (secondary N) is 1. The van der Waals surface area contributed by atoms with Gasteiger partial charge in [0.05, 0.1) is 11.1 Å². The van der Waals surface area contributed by atoms with Crippen LogP contribution in [0.1, 0.15) is 36.1 Å². The molecule has 1 unspecified atom stereocenters. The highest BCUT2D eigenvalue weighted by Gasteiger charge is 2.20. The van der Waals surface area contributed by atoms with E-state index in [1.807, 2.05) is 6.92 Å². The van der Waals surface area contributed by atoms with Crippen LogP contribution in [0, 0.1) is 18.6 Å². The third kappa shape index (κ3) is 3.60. The molecule has 4 heteroatoms. The van der Waals surface area contributed by atoms with Gasteiger partial charge in [-0.05, 0) is 54.8 Å². The van der Waals surface area contributed by atoms with Crippen LogP contribution in [0.4, 0.5) is 8.78 Å². The molecule has 0 bridgehead atoms. The van der Waals surface area contributed by atoms with Gasteiger partial charge in [-0.3, -0.25) is 0 Å². The second-order valence-electron chi connectivity index (χ2n) is 5.03. The SMILES string of the molecule is CCCNC(c1ccc(F)cc1C)c1cccc(F)c1Cl. The van der Waals surface area contributed by atoms with Crippen molar-refractivity contribution in [1.82, 2.24) is 5.32 Å². The van der Waals surface area contributed by atoms with Crippen LogP contribution in [0.5, 0.6) is 0 Å². The fourth-order valence-electron chi connectivity index (χ4n) is 2.38. The first-order valence-electron chi connectivity index (χ1n) is 6.98. The summed E-state index contributed by atoms with van der Waals surface area (Å²) >= 11 is 6.11. The lowest BCUT2D eigenvalue weighted by molar-refractivity contribution is 0.580. The molecule has 0 amide bonds. The molecule has 2 rings (SSSR count). The van der Waals surface area contributed by atoms with E-state index < -0.39 is 5.82 Å². The van der Waals surface area contributed by atoms with Crippen LogP contribution in [-0.4, -0.2) is 6.54 Å². The number of rotatable bonds is 5. The molecule has 1 atom stereocenters. The first-order chi connectivity index (χ1) is 10.0. The van der Waals surface area contributed by atoms with Crippen LogP contribution in [-0.2, 0) is 0 Å². The molecule has 0 fully saturated rings. The van der Waals surface area contributed by atoms with Crippen LogP contribution in [0.25, 0.3) is 0 Å². The van der Waals surface area contributed by atoms with Gasteiger partial charge in [0.25, 0.3) is 0 Å². The zero-order valence-corrected chi connectivity index (χ0v) is 12.8. The standard InChI is InChI=1S/C17H18ClF2N/c1-3-9-21-17(13-8-7-12(19)10-11(13)2)14-5-4-6-15(20)16(14)18/h4-8,10,17,21H,3,9H2,1-2H3. The predicted molar refractivity (Wildman–Crippen MR) is 82.7 cm³/mol. The summed E-state index contributed by atoms with van der Waals surface area (Å²) in [7, 11) is 0. The van der Waals surface area contributed by atoms with Crippen LogP contribution >= 0.6 is 11.6 Å². The maximum absolute atomic E-state index is 13.7. The Bertz CT molecular complexity index is 628. The van der Waals surface area contributed by atoms with Crippen molar-refractivity contribution in [2.75, 3.05) is 6.54 Å². The fraction of sp³-hybridized carbons (Fsp3) is 0.294. The molecule has 1 N–H and O–H groups in total. The number of hydrogen-bond donors (Lipinski definition) is 1. The second-order valence-corrected chi connectivity index (χ2v) is 5.41. The maximum Gasteiger partial charge on any atom is 0.142 e. The van der Waals surface area contributed by atoms with E-state index in [0.29, 0.717) is 5.56 Å². The highest BCUT2D eigenvalue weighted by Crippen LogP contribution is 2.31. The van der Waals surface area contributed by atoms with Gasteiger partial charge >= 0.3 is 0 Å². The minimum atomic E-state index is -0.447. The van der Waals surface area contributed by atoms with Crippen LogP contribution in [0.2, 0.25) is 5.02 Å². The molecule has 0 aromatic heterocycles. The van der Waals surface area contributed by atoms with Crippen molar-refractivity contribution < 1.29 is 8.78 Å². The molecular formula is C17H18ClF2N. The maximum atomic E-state index is 13.7. The number of benzene rings is 2. The van der Waals surface area contributed by atoms with Crippen molar-refractivity contribution in [3.05, 3.63) is 69.7 Å². The molecule has 0 radical (unpaired) electrons. The third-order valence-corrected chi connectivity index (χ3v) is 3.83. The van der Waals surface area contributed by atoms with E-state index in [4.69, 9.17) is 11.6 Å². The normalized spacial score (nSPS) is 12.4. The quantitative estimate of drug-likeness (QED) is 0.818. The molecule has 0 spiro atoms. The Balaban J connectivity index is 2.49. The smallest absolute Gasteiger partial charge is 0.142 e. The van der Waals surface area contributed by atoms with E-state index in [1.165, 1.54) is 18.2 Å². The average Bonchev–Trinajstić information content (AvgIpc) is 2.45. The number of hydrogen-bond acceptors (Lipinski definition) is 1. The Morgan fingerprint density at radius 2 is 1.90 bits per heavy atom. The highest BCUT2D eigenvalue weighted by molar-refractivity contribution is 6.31. The predicted octanol–water partition coefficient (Wildman–Crippen LogP) is 5.02. The molecule has 2 aromatic carbocycles. The van der Waals surface area contributed by atoms with Crippen LogP contribution in [0.3, 0.4) is 0 Å². The van der Waals surface area contributed by atoms with Gasteiger partial charge in [0, 0.05) is 0 Å². The van der Waals surface area contributed by atoms with Gasteiger partial charge < -0.3 is 5.32 Å². The van der Waals surface area contributed by atoms with Gasteiger partial charge in [-0.2, -0.15) is 0 Å². The van der Waals surface area contributed by atoms with Gasteiger partial charge in [0.15, 0.2) is 0 Å². The van der Waals surface area contributed by atoms with Crippen molar-refractivity contribution in [2.45, 2.75) is 26.3 Å². The zero-order valence-electron chi connectivity index (χ0n) is 12.1. The van der Waals surface area contributed by atoms with Gasteiger partial charge in [-0.25, -0.2) is 8.78 Å². The minimum absolute atomic E-state index is 0.106. The lowest BCUT2D eigenvalue weighted by atomic mass is 9.94. The molecule has 21 heavy (non-hydrogen) atoms. The summed E-state index contributed by atoms with van der Waals surface area (Å²) in [6.07, 6.45) is 0.934. The first-order valence-corrected chi connectivity index (χ1v) is 7.35. The molecular weight excluding hydrogens is 292 g/mol. The molecule has 0 heterocycles. The molecule has 0 aliphatic carbocycles. The fourth-order valence-corrected chi connectivity index (χ4v) is 2.62. The summed E-state index contributed by atoms with van der Waals surface area (Å²) in [4.78, 5) is 0. The Hall–Kier alpha value is -1.45. The van der Waals surface area contributed by atoms with Crippen molar-refractivity contribution in [3.8, 4) is 0 Å².